The summed E-state index contributed by atoms with van der Waals surface area (Å²) in [6.45, 7) is 0. The largest absolute Gasteiger partial charge is 0.478 e. The molecule has 1 aliphatic heterocycles. The van der Waals surface area contributed by atoms with Gasteiger partial charge in [-0.25, -0.2) is 9.79 Å². The van der Waals surface area contributed by atoms with Gasteiger partial charge in [0.2, 0.25) is 11.9 Å². The molecule has 8 heteroatoms. The van der Waals surface area contributed by atoms with E-state index in [1.807, 2.05) is 29.2 Å². The maximum atomic E-state index is 11.0. The summed E-state index contributed by atoms with van der Waals surface area (Å²) in [5, 5.41) is 8.98. The molecule has 4 rings (SSSR count). The van der Waals surface area contributed by atoms with E-state index < -0.39 is 11.6 Å². The molecular formula is C21H23N5O3. The number of rotatable bonds is 4. The zero-order valence-electron chi connectivity index (χ0n) is 15.9. The van der Waals surface area contributed by atoms with Gasteiger partial charge in [-0.2, -0.15) is 4.99 Å². The van der Waals surface area contributed by atoms with Gasteiger partial charge in [0.25, 0.3) is 0 Å². The highest BCUT2D eigenvalue weighted by atomic mass is 16.5. The van der Waals surface area contributed by atoms with Crippen molar-refractivity contribution in [1.29, 1.82) is 0 Å². The maximum Gasteiger partial charge on any atom is 0.335 e. The number of hydrogen-bond acceptors (Lipinski definition) is 7. The lowest BCUT2D eigenvalue weighted by molar-refractivity contribution is 0.0697. The van der Waals surface area contributed by atoms with Crippen molar-refractivity contribution in [3.8, 4) is 11.5 Å². The molecule has 1 saturated carbocycles. The Morgan fingerprint density at radius 3 is 2.14 bits per heavy atom. The first kappa shape index (κ1) is 18.8. The number of nitrogens with two attached hydrogens (primary N) is 2. The third-order valence-corrected chi connectivity index (χ3v) is 5.28. The molecule has 0 aromatic heterocycles. The van der Waals surface area contributed by atoms with Gasteiger partial charge in [-0.3, -0.25) is 4.90 Å². The van der Waals surface area contributed by atoms with Gasteiger partial charge in [0, 0.05) is 5.69 Å². The van der Waals surface area contributed by atoms with Crippen molar-refractivity contribution in [1.82, 2.24) is 0 Å². The number of carboxylic acid groups (broad SMARTS) is 1. The first-order chi connectivity index (χ1) is 14.0. The lowest BCUT2D eigenvalue weighted by Gasteiger charge is -2.45. The van der Waals surface area contributed by atoms with E-state index in [-0.39, 0.29) is 11.5 Å². The number of carboxylic acids is 1. The molecule has 150 valence electrons. The van der Waals surface area contributed by atoms with Crippen molar-refractivity contribution < 1.29 is 14.6 Å². The van der Waals surface area contributed by atoms with E-state index in [0.717, 1.165) is 31.4 Å². The van der Waals surface area contributed by atoms with Crippen LogP contribution in [0.1, 0.15) is 42.5 Å². The van der Waals surface area contributed by atoms with Crippen LogP contribution in [0.5, 0.6) is 11.5 Å². The minimum absolute atomic E-state index is 0.213. The molecule has 0 saturated heterocycles. The van der Waals surface area contributed by atoms with E-state index in [9.17, 15) is 4.79 Å². The van der Waals surface area contributed by atoms with Crippen LogP contribution in [0.2, 0.25) is 0 Å². The summed E-state index contributed by atoms with van der Waals surface area (Å²) in [5.41, 5.74) is 12.8. The summed E-state index contributed by atoms with van der Waals surface area (Å²) < 4.78 is 5.82. The second-order valence-corrected chi connectivity index (χ2v) is 7.24. The molecule has 29 heavy (non-hydrogen) atoms. The van der Waals surface area contributed by atoms with Crippen molar-refractivity contribution in [2.24, 2.45) is 21.5 Å². The first-order valence-electron chi connectivity index (χ1n) is 9.58. The van der Waals surface area contributed by atoms with Crippen LogP contribution in [0.15, 0.2) is 58.5 Å². The van der Waals surface area contributed by atoms with Gasteiger partial charge < -0.3 is 21.3 Å². The third-order valence-electron chi connectivity index (χ3n) is 5.28. The predicted molar refractivity (Wildman–Crippen MR) is 111 cm³/mol. The van der Waals surface area contributed by atoms with Crippen LogP contribution in [0, 0.1) is 0 Å². The van der Waals surface area contributed by atoms with E-state index in [2.05, 4.69) is 9.98 Å². The van der Waals surface area contributed by atoms with Crippen molar-refractivity contribution in [2.45, 2.75) is 37.8 Å². The van der Waals surface area contributed by atoms with Crippen LogP contribution in [-0.2, 0) is 0 Å². The van der Waals surface area contributed by atoms with E-state index in [1.54, 1.807) is 12.1 Å². The molecule has 1 heterocycles. The highest BCUT2D eigenvalue weighted by Gasteiger charge is 2.42. The highest BCUT2D eigenvalue weighted by Crippen LogP contribution is 2.40. The van der Waals surface area contributed by atoms with Crippen LogP contribution >= 0.6 is 0 Å². The molecule has 0 bridgehead atoms. The number of guanidine groups is 2. The molecule has 0 radical (unpaired) electrons. The zero-order valence-corrected chi connectivity index (χ0v) is 15.9. The minimum atomic E-state index is -0.971. The van der Waals surface area contributed by atoms with Crippen LogP contribution in [0.3, 0.4) is 0 Å². The lowest BCUT2D eigenvalue weighted by atomic mass is 9.87. The Kier molecular flexibility index (Phi) is 4.84. The SMILES string of the molecule is NC1=NC2(CCCCC2)N(c2ccc(Oc3ccc(C(=O)O)cc3)cc2)C(N)=N1. The smallest absolute Gasteiger partial charge is 0.335 e. The Bertz CT molecular complexity index is 961. The Morgan fingerprint density at radius 1 is 0.966 bits per heavy atom. The average molecular weight is 393 g/mol. The molecule has 1 spiro atoms. The van der Waals surface area contributed by atoms with Gasteiger partial charge in [0.1, 0.15) is 17.2 Å². The van der Waals surface area contributed by atoms with Gasteiger partial charge >= 0.3 is 5.97 Å². The Hall–Kier alpha value is -3.55. The van der Waals surface area contributed by atoms with Gasteiger partial charge in [0.05, 0.1) is 5.56 Å². The quantitative estimate of drug-likeness (QED) is 0.732. The summed E-state index contributed by atoms with van der Waals surface area (Å²) in [6, 6.07) is 13.8. The fourth-order valence-electron chi connectivity index (χ4n) is 3.96. The normalized spacial score (nSPS) is 18.1. The van der Waals surface area contributed by atoms with Crippen LogP contribution in [-0.4, -0.2) is 28.7 Å². The number of hydrogen-bond donors (Lipinski definition) is 3. The monoisotopic (exact) mass is 393 g/mol. The van der Waals surface area contributed by atoms with Gasteiger partial charge in [-0.1, -0.05) is 6.42 Å². The van der Waals surface area contributed by atoms with Gasteiger partial charge in [-0.15, -0.1) is 0 Å². The molecule has 2 aromatic rings. The highest BCUT2D eigenvalue weighted by molar-refractivity contribution is 6.05. The maximum absolute atomic E-state index is 11.0. The fourth-order valence-corrected chi connectivity index (χ4v) is 3.96. The molecule has 2 aromatic carbocycles. The van der Waals surface area contributed by atoms with E-state index >= 15 is 0 Å². The molecule has 0 atom stereocenters. The van der Waals surface area contributed by atoms with Crippen LogP contribution in [0.4, 0.5) is 5.69 Å². The predicted octanol–water partition coefficient (Wildman–Crippen LogP) is 3.29. The number of aliphatic imine (C=N–C) groups is 2. The molecular weight excluding hydrogens is 370 g/mol. The zero-order chi connectivity index (χ0) is 20.4. The molecule has 5 N–H and O–H groups in total. The van der Waals surface area contributed by atoms with E-state index in [0.29, 0.717) is 17.5 Å². The molecule has 1 fully saturated rings. The van der Waals surface area contributed by atoms with E-state index in [4.69, 9.17) is 21.3 Å². The average Bonchev–Trinajstić information content (AvgIpc) is 2.69. The standard InChI is InChI=1S/C21H23N5O3/c22-19-24-20(23)26(21(25-19)12-2-1-3-13-21)15-6-10-17(11-7-15)29-16-8-4-14(5-9-16)18(27)28/h4-11H,1-3,12-13H2,(H,27,28)(H4,22,23,24,25). The van der Waals surface area contributed by atoms with Gasteiger partial charge in [-0.05, 0) is 74.2 Å². The fraction of sp³-hybridized carbons (Fsp3) is 0.286. The Morgan fingerprint density at radius 2 is 1.55 bits per heavy atom. The molecule has 1 aliphatic carbocycles. The number of anilines is 1. The number of carbonyl (C=O) groups is 1. The summed E-state index contributed by atoms with van der Waals surface area (Å²) >= 11 is 0. The molecule has 0 unspecified atom stereocenters. The van der Waals surface area contributed by atoms with E-state index in [1.165, 1.54) is 18.6 Å². The van der Waals surface area contributed by atoms with Crippen molar-refractivity contribution in [3.05, 3.63) is 54.1 Å². The first-order valence-corrected chi connectivity index (χ1v) is 9.58. The minimum Gasteiger partial charge on any atom is -0.478 e. The summed E-state index contributed by atoms with van der Waals surface area (Å²) in [7, 11) is 0. The second kappa shape index (κ2) is 7.46. The summed E-state index contributed by atoms with van der Waals surface area (Å²) in [4.78, 5) is 21.8. The topological polar surface area (TPSA) is 127 Å². The number of aromatic carboxylic acids is 1. The Balaban J connectivity index is 1.56. The molecule has 8 nitrogen and oxygen atoms in total. The molecule has 0 amide bonds. The number of nitrogens with zero attached hydrogens (tertiary/aromatic N) is 3. The van der Waals surface area contributed by atoms with Gasteiger partial charge in [0.15, 0.2) is 0 Å². The summed E-state index contributed by atoms with van der Waals surface area (Å²) in [5.74, 6) is 0.789. The van der Waals surface area contributed by atoms with Crippen molar-refractivity contribution in [3.63, 3.8) is 0 Å². The number of benzene rings is 2. The lowest BCUT2D eigenvalue weighted by Crippen LogP contribution is -2.58. The van der Waals surface area contributed by atoms with Crippen molar-refractivity contribution >= 4 is 23.6 Å². The third kappa shape index (κ3) is 3.73. The molecule has 2 aliphatic rings. The second-order valence-electron chi connectivity index (χ2n) is 7.24. The Labute approximate surface area is 168 Å². The number of ether oxygens (including phenoxy) is 1. The summed E-state index contributed by atoms with van der Waals surface area (Å²) in [6.07, 6.45) is 5.05. The van der Waals surface area contributed by atoms with Crippen molar-refractivity contribution in [2.75, 3.05) is 4.90 Å². The van der Waals surface area contributed by atoms with Crippen LogP contribution in [0.25, 0.3) is 0 Å². The van der Waals surface area contributed by atoms with Crippen LogP contribution < -0.4 is 21.1 Å².